The Morgan fingerprint density at radius 3 is 1.85 bits per heavy atom. The van der Waals surface area contributed by atoms with Crippen molar-refractivity contribution in [3.05, 3.63) is 141 Å². The van der Waals surface area contributed by atoms with E-state index in [-0.39, 0.29) is 32.4 Å². The Balaban J connectivity index is 1.39. The minimum Gasteiger partial charge on any atom is -0.350 e. The maximum absolute atomic E-state index is 13.7. The van der Waals surface area contributed by atoms with Gasteiger partial charge in [0.05, 0.1) is 5.69 Å². The van der Waals surface area contributed by atoms with Gasteiger partial charge in [0.15, 0.2) is 0 Å². The van der Waals surface area contributed by atoms with Crippen molar-refractivity contribution in [2.45, 2.75) is 13.1 Å². The lowest BCUT2D eigenvalue weighted by atomic mass is 10.1. The first kappa shape index (κ1) is 27.5. The van der Waals surface area contributed by atoms with Crippen molar-refractivity contribution in [3.63, 3.8) is 0 Å². The van der Waals surface area contributed by atoms with Gasteiger partial charge in [-0.3, -0.25) is 14.4 Å². The summed E-state index contributed by atoms with van der Waals surface area (Å²) in [6.07, 6.45) is 0. The summed E-state index contributed by atoms with van der Waals surface area (Å²) in [5.74, 6) is -1.57. The van der Waals surface area contributed by atoms with Crippen LogP contribution in [0.1, 0.15) is 21.5 Å². The van der Waals surface area contributed by atoms with Crippen molar-refractivity contribution in [3.8, 4) is 0 Å². The number of benzene rings is 4. The molecular weight excluding hydrogens is 569 g/mol. The summed E-state index contributed by atoms with van der Waals surface area (Å²) >= 11 is 18.4. The van der Waals surface area contributed by atoms with Crippen molar-refractivity contribution in [1.29, 1.82) is 0 Å². The van der Waals surface area contributed by atoms with Crippen LogP contribution in [-0.4, -0.2) is 22.6 Å². The van der Waals surface area contributed by atoms with E-state index in [0.29, 0.717) is 24.3 Å². The maximum atomic E-state index is 13.7. The molecule has 3 amide bonds. The van der Waals surface area contributed by atoms with Gasteiger partial charge >= 0.3 is 0 Å². The second kappa shape index (κ2) is 12.0. The fourth-order valence-corrected chi connectivity index (χ4v) is 5.11. The Morgan fingerprint density at radius 2 is 1.27 bits per heavy atom. The normalized spacial score (nSPS) is 13.1. The SMILES string of the molecule is O=C(c1cccc(NC2=C(Cl)C(=O)N(c3cc(Cl)cc(Cl)c3)C2=O)c1)N(Cc1ccccc1)Cc1ccccc1. The zero-order chi connectivity index (χ0) is 28.2. The molecule has 0 aliphatic carbocycles. The summed E-state index contributed by atoms with van der Waals surface area (Å²) in [6.45, 7) is 0.820. The van der Waals surface area contributed by atoms with Gasteiger partial charge in [-0.25, -0.2) is 4.90 Å². The van der Waals surface area contributed by atoms with Crippen molar-refractivity contribution >= 4 is 63.9 Å². The molecule has 1 aliphatic rings. The van der Waals surface area contributed by atoms with E-state index in [1.54, 1.807) is 29.2 Å². The molecule has 200 valence electrons. The molecule has 40 heavy (non-hydrogen) atoms. The summed E-state index contributed by atoms with van der Waals surface area (Å²) < 4.78 is 0. The molecule has 4 aromatic carbocycles. The third-order valence-electron chi connectivity index (χ3n) is 6.23. The van der Waals surface area contributed by atoms with Gasteiger partial charge in [-0.2, -0.15) is 0 Å². The summed E-state index contributed by atoms with van der Waals surface area (Å²) in [6, 6.07) is 30.6. The average Bonchev–Trinajstić information content (AvgIpc) is 3.16. The molecule has 5 rings (SSSR count). The van der Waals surface area contributed by atoms with Crippen LogP contribution in [0.3, 0.4) is 0 Å². The van der Waals surface area contributed by atoms with Gasteiger partial charge in [-0.15, -0.1) is 0 Å². The van der Waals surface area contributed by atoms with Crippen LogP contribution in [0.15, 0.2) is 114 Å². The second-order valence-electron chi connectivity index (χ2n) is 9.10. The van der Waals surface area contributed by atoms with E-state index in [9.17, 15) is 14.4 Å². The van der Waals surface area contributed by atoms with Gasteiger partial charge in [0.2, 0.25) is 0 Å². The predicted octanol–water partition coefficient (Wildman–Crippen LogP) is 7.27. The largest absolute Gasteiger partial charge is 0.350 e. The van der Waals surface area contributed by atoms with Crippen LogP contribution < -0.4 is 10.2 Å². The van der Waals surface area contributed by atoms with Crippen LogP contribution in [0.5, 0.6) is 0 Å². The smallest absolute Gasteiger partial charge is 0.283 e. The van der Waals surface area contributed by atoms with Gasteiger partial charge in [-0.05, 0) is 47.5 Å². The first-order valence-electron chi connectivity index (χ1n) is 12.3. The van der Waals surface area contributed by atoms with Gasteiger partial charge in [0.25, 0.3) is 17.7 Å². The quantitative estimate of drug-likeness (QED) is 0.219. The molecule has 9 heteroatoms. The van der Waals surface area contributed by atoms with Crippen molar-refractivity contribution in [2.75, 3.05) is 10.2 Å². The third-order valence-corrected chi connectivity index (χ3v) is 7.02. The van der Waals surface area contributed by atoms with Crippen LogP contribution in [0, 0.1) is 0 Å². The lowest BCUT2D eigenvalue weighted by Gasteiger charge is -2.23. The number of anilines is 2. The third kappa shape index (κ3) is 6.05. The molecule has 1 aliphatic heterocycles. The van der Waals surface area contributed by atoms with E-state index in [4.69, 9.17) is 34.8 Å². The Labute approximate surface area is 246 Å². The van der Waals surface area contributed by atoms with Gasteiger partial charge < -0.3 is 10.2 Å². The molecule has 0 spiro atoms. The van der Waals surface area contributed by atoms with Crippen LogP contribution in [0.2, 0.25) is 10.0 Å². The van der Waals surface area contributed by atoms with Crippen LogP contribution in [0.25, 0.3) is 0 Å². The number of carbonyl (C=O) groups excluding carboxylic acids is 3. The summed E-state index contributed by atoms with van der Waals surface area (Å²) in [5, 5.41) is 3.18. The fourth-order valence-electron chi connectivity index (χ4n) is 4.38. The first-order chi connectivity index (χ1) is 19.3. The monoisotopic (exact) mass is 589 g/mol. The number of nitrogens with one attached hydrogen (secondary N) is 1. The topological polar surface area (TPSA) is 69.7 Å². The predicted molar refractivity (Wildman–Crippen MR) is 158 cm³/mol. The molecule has 1 heterocycles. The van der Waals surface area contributed by atoms with Gasteiger partial charge in [-0.1, -0.05) is 102 Å². The Kier molecular flexibility index (Phi) is 8.21. The van der Waals surface area contributed by atoms with Gasteiger partial charge in [0, 0.05) is 34.4 Å². The lowest BCUT2D eigenvalue weighted by Crippen LogP contribution is -2.32. The Morgan fingerprint density at radius 1 is 0.700 bits per heavy atom. The number of halogens is 3. The molecule has 0 unspecified atom stereocenters. The molecule has 4 aromatic rings. The molecule has 0 aromatic heterocycles. The molecule has 0 radical (unpaired) electrons. The van der Waals surface area contributed by atoms with Crippen LogP contribution >= 0.6 is 34.8 Å². The van der Waals surface area contributed by atoms with Crippen molar-refractivity contribution in [2.24, 2.45) is 0 Å². The van der Waals surface area contributed by atoms with E-state index in [0.717, 1.165) is 16.0 Å². The zero-order valence-corrected chi connectivity index (χ0v) is 23.3. The van der Waals surface area contributed by atoms with Crippen molar-refractivity contribution < 1.29 is 14.4 Å². The molecule has 0 fully saturated rings. The maximum Gasteiger partial charge on any atom is 0.283 e. The van der Waals surface area contributed by atoms with E-state index >= 15 is 0 Å². The highest BCUT2D eigenvalue weighted by molar-refractivity contribution is 6.53. The molecule has 6 nitrogen and oxygen atoms in total. The molecule has 0 saturated carbocycles. The van der Waals surface area contributed by atoms with E-state index in [2.05, 4.69) is 5.32 Å². The average molecular weight is 591 g/mol. The number of amides is 3. The van der Waals surface area contributed by atoms with E-state index in [1.165, 1.54) is 18.2 Å². The van der Waals surface area contributed by atoms with Crippen LogP contribution in [-0.2, 0) is 22.7 Å². The minimum atomic E-state index is -0.711. The number of carbonyl (C=O) groups is 3. The highest BCUT2D eigenvalue weighted by Gasteiger charge is 2.39. The fraction of sp³-hybridized carbons (Fsp3) is 0.0645. The molecule has 1 N–H and O–H groups in total. The lowest BCUT2D eigenvalue weighted by molar-refractivity contribution is -0.120. The number of hydrogen-bond donors (Lipinski definition) is 1. The number of rotatable bonds is 8. The highest BCUT2D eigenvalue weighted by Crippen LogP contribution is 2.33. The number of nitrogens with zero attached hydrogens (tertiary/aromatic N) is 2. The Hall–Kier alpha value is -4.10. The number of hydrogen-bond acceptors (Lipinski definition) is 4. The van der Waals surface area contributed by atoms with Gasteiger partial charge in [0.1, 0.15) is 10.7 Å². The van der Waals surface area contributed by atoms with Crippen molar-refractivity contribution in [1.82, 2.24) is 4.90 Å². The first-order valence-corrected chi connectivity index (χ1v) is 13.4. The minimum absolute atomic E-state index is 0.113. The van der Waals surface area contributed by atoms with E-state index < -0.39 is 11.8 Å². The molecule has 0 bridgehead atoms. The number of imide groups is 1. The summed E-state index contributed by atoms with van der Waals surface area (Å²) in [7, 11) is 0. The Bertz CT molecular complexity index is 1560. The molecular formula is C31H22Cl3N3O3. The summed E-state index contributed by atoms with van der Waals surface area (Å²) in [5.41, 5.74) is 2.90. The van der Waals surface area contributed by atoms with Crippen LogP contribution in [0.4, 0.5) is 11.4 Å². The zero-order valence-electron chi connectivity index (χ0n) is 21.0. The molecule has 0 atom stereocenters. The summed E-state index contributed by atoms with van der Waals surface area (Å²) in [4.78, 5) is 42.5. The highest BCUT2D eigenvalue weighted by atomic mass is 35.5. The second-order valence-corrected chi connectivity index (χ2v) is 10.4. The van der Waals surface area contributed by atoms with E-state index in [1.807, 2.05) is 60.7 Å². The standard InChI is InChI=1S/C31H22Cl3N3O3/c32-23-15-24(33)17-26(16-23)37-30(39)27(34)28(31(37)40)35-25-13-7-12-22(14-25)29(38)36(18-20-8-3-1-4-9-20)19-21-10-5-2-6-11-21/h1-17,35H,18-19H2. The molecule has 0 saturated heterocycles.